The van der Waals surface area contributed by atoms with Gasteiger partial charge < -0.3 is 9.80 Å². The Morgan fingerprint density at radius 1 is 0.605 bits per heavy atom. The molecule has 3 heteroatoms. The van der Waals surface area contributed by atoms with Gasteiger partial charge in [0.05, 0.1) is 0 Å². The number of carbonyl (C=O) groups excluding carboxylic acids is 1. The fourth-order valence-corrected chi connectivity index (χ4v) is 5.73. The van der Waals surface area contributed by atoms with Crippen LogP contribution in [0.15, 0.2) is 59.7 Å². The van der Waals surface area contributed by atoms with Gasteiger partial charge in [-0.2, -0.15) is 0 Å². The third-order valence-corrected chi connectivity index (χ3v) is 7.47. The van der Waals surface area contributed by atoms with Crippen LogP contribution in [0.4, 0.5) is 11.4 Å². The predicted octanol–water partition coefficient (Wildman–Crippen LogP) is 9.19. The van der Waals surface area contributed by atoms with E-state index in [4.69, 9.17) is 0 Å². The van der Waals surface area contributed by atoms with Crippen LogP contribution in [0.1, 0.15) is 97.1 Å². The first-order valence-corrected chi connectivity index (χ1v) is 15.2. The molecule has 1 aliphatic rings. The quantitative estimate of drug-likeness (QED) is 0.235. The lowest BCUT2D eigenvalue weighted by atomic mass is 9.78. The number of nitrogens with zero attached hydrogens (tertiary/aromatic N) is 2. The summed E-state index contributed by atoms with van der Waals surface area (Å²) in [6, 6.07) is 17.6. The van der Waals surface area contributed by atoms with Crippen molar-refractivity contribution in [3.05, 3.63) is 70.8 Å². The average molecular weight is 515 g/mol. The smallest absolute Gasteiger partial charge is 0.185 e. The van der Waals surface area contributed by atoms with Crippen molar-refractivity contribution in [2.24, 2.45) is 5.92 Å². The number of hydrogen-bond acceptors (Lipinski definition) is 3. The SMILES string of the molecule is CCCC1C/C(=C/c2ccc(N(CCC)CCC)cc2)C(=O)/C(=C/c2ccc(N(CCC)CCC)cc2)C1. The molecule has 3 rings (SSSR count). The molecule has 1 unspecified atom stereocenters. The monoisotopic (exact) mass is 514 g/mol. The van der Waals surface area contributed by atoms with Gasteiger partial charge in [0.2, 0.25) is 0 Å². The zero-order valence-corrected chi connectivity index (χ0v) is 24.6. The first-order valence-electron chi connectivity index (χ1n) is 15.2. The maximum atomic E-state index is 13.6. The van der Waals surface area contributed by atoms with E-state index >= 15 is 0 Å². The van der Waals surface area contributed by atoms with Crippen molar-refractivity contribution in [1.29, 1.82) is 0 Å². The summed E-state index contributed by atoms with van der Waals surface area (Å²) in [6.07, 6.45) is 12.9. The predicted molar refractivity (Wildman–Crippen MR) is 167 cm³/mol. The minimum atomic E-state index is 0.225. The number of ketones is 1. The summed E-state index contributed by atoms with van der Waals surface area (Å²) in [6.45, 7) is 15.5. The largest absolute Gasteiger partial charge is 0.372 e. The van der Waals surface area contributed by atoms with E-state index in [1.807, 2.05) is 0 Å². The standard InChI is InChI=1S/C35H50N2O/c1-6-11-30-26-31(24-28-12-16-33(17-13-28)36(20-7-2)21-8-3)35(38)32(27-30)25-29-14-18-34(19-15-29)37(22-9-4)23-10-5/h12-19,24-25,30H,6-11,20-23,26-27H2,1-5H3/b31-24-,32-25+. The molecule has 0 aliphatic heterocycles. The Morgan fingerprint density at radius 3 is 1.29 bits per heavy atom. The molecule has 0 spiro atoms. The normalized spacial score (nSPS) is 17.8. The van der Waals surface area contributed by atoms with Gasteiger partial charge in [0.15, 0.2) is 5.78 Å². The first kappa shape index (κ1) is 29.7. The Hall–Kier alpha value is -2.81. The van der Waals surface area contributed by atoms with Gasteiger partial charge in [-0.05, 0) is 92.0 Å². The van der Waals surface area contributed by atoms with E-state index in [9.17, 15) is 4.79 Å². The number of Topliss-reactive ketones (excluding diaryl/α,β-unsaturated/α-hetero) is 1. The Balaban J connectivity index is 1.83. The summed E-state index contributed by atoms with van der Waals surface area (Å²) >= 11 is 0. The van der Waals surface area contributed by atoms with E-state index in [0.717, 1.165) is 99.8 Å². The zero-order chi connectivity index (χ0) is 27.3. The summed E-state index contributed by atoms with van der Waals surface area (Å²) in [5.74, 6) is 0.755. The van der Waals surface area contributed by atoms with Gasteiger partial charge in [0.1, 0.15) is 0 Å². The maximum absolute atomic E-state index is 13.6. The molecule has 2 aromatic rings. The van der Waals surface area contributed by atoms with Crippen molar-refractivity contribution in [1.82, 2.24) is 0 Å². The second kappa shape index (κ2) is 15.6. The molecule has 0 aromatic heterocycles. The van der Waals surface area contributed by atoms with E-state index in [1.54, 1.807) is 0 Å². The van der Waals surface area contributed by atoms with Crippen LogP contribution in [0.5, 0.6) is 0 Å². The third kappa shape index (κ3) is 8.35. The Kier molecular flexibility index (Phi) is 12.2. The molecule has 0 heterocycles. The number of benzene rings is 2. The van der Waals surface area contributed by atoms with Gasteiger partial charge in [-0.3, -0.25) is 4.79 Å². The molecule has 1 atom stereocenters. The molecule has 1 aliphatic carbocycles. The average Bonchev–Trinajstić information content (AvgIpc) is 2.92. The van der Waals surface area contributed by atoms with Crippen molar-refractivity contribution in [2.75, 3.05) is 36.0 Å². The fourth-order valence-electron chi connectivity index (χ4n) is 5.73. The molecule has 1 fully saturated rings. The van der Waals surface area contributed by atoms with Crippen LogP contribution >= 0.6 is 0 Å². The highest BCUT2D eigenvalue weighted by atomic mass is 16.1. The highest BCUT2D eigenvalue weighted by Gasteiger charge is 2.27. The number of carbonyl (C=O) groups is 1. The molecular formula is C35H50N2O. The molecule has 0 bridgehead atoms. The van der Waals surface area contributed by atoms with Crippen LogP contribution in [-0.4, -0.2) is 32.0 Å². The summed E-state index contributed by atoms with van der Waals surface area (Å²) in [5, 5.41) is 0. The van der Waals surface area contributed by atoms with E-state index in [1.165, 1.54) is 11.4 Å². The highest BCUT2D eigenvalue weighted by Crippen LogP contribution is 2.35. The van der Waals surface area contributed by atoms with Crippen LogP contribution in [0.3, 0.4) is 0 Å². The summed E-state index contributed by atoms with van der Waals surface area (Å²) in [4.78, 5) is 18.5. The van der Waals surface area contributed by atoms with Gasteiger partial charge in [0.25, 0.3) is 0 Å². The van der Waals surface area contributed by atoms with Crippen LogP contribution < -0.4 is 9.80 Å². The molecule has 0 amide bonds. The first-order chi connectivity index (χ1) is 18.5. The minimum absolute atomic E-state index is 0.225. The number of rotatable bonds is 14. The van der Waals surface area contributed by atoms with Crippen molar-refractivity contribution in [2.45, 2.75) is 86.0 Å². The van der Waals surface area contributed by atoms with Crippen molar-refractivity contribution < 1.29 is 4.79 Å². The van der Waals surface area contributed by atoms with Gasteiger partial charge in [0, 0.05) is 48.7 Å². The zero-order valence-electron chi connectivity index (χ0n) is 24.6. The molecule has 1 saturated carbocycles. The second-order valence-electron chi connectivity index (χ2n) is 10.9. The Labute approximate surface area is 232 Å². The number of anilines is 2. The fraction of sp³-hybridized carbons (Fsp3) is 0.514. The third-order valence-electron chi connectivity index (χ3n) is 7.47. The topological polar surface area (TPSA) is 23.6 Å². The van der Waals surface area contributed by atoms with Crippen molar-refractivity contribution >= 4 is 29.3 Å². The molecule has 0 saturated heterocycles. The van der Waals surface area contributed by atoms with E-state index in [2.05, 4.69) is 105 Å². The number of allylic oxidation sites excluding steroid dienone is 2. The molecular weight excluding hydrogens is 464 g/mol. The van der Waals surface area contributed by atoms with Gasteiger partial charge in [-0.1, -0.05) is 71.7 Å². The lowest BCUT2D eigenvalue weighted by molar-refractivity contribution is -0.113. The maximum Gasteiger partial charge on any atom is 0.185 e. The van der Waals surface area contributed by atoms with E-state index in [0.29, 0.717) is 5.92 Å². The van der Waals surface area contributed by atoms with Crippen LogP contribution in [0.25, 0.3) is 12.2 Å². The Bertz CT molecular complexity index is 955. The summed E-state index contributed by atoms with van der Waals surface area (Å²) in [5.41, 5.74) is 6.71. The molecule has 206 valence electrons. The van der Waals surface area contributed by atoms with Crippen molar-refractivity contribution in [3.8, 4) is 0 Å². The lowest BCUT2D eigenvalue weighted by Crippen LogP contribution is -2.24. The van der Waals surface area contributed by atoms with Crippen LogP contribution in [0, 0.1) is 5.92 Å². The van der Waals surface area contributed by atoms with Gasteiger partial charge in [-0.15, -0.1) is 0 Å². The van der Waals surface area contributed by atoms with Crippen LogP contribution in [-0.2, 0) is 4.79 Å². The summed E-state index contributed by atoms with van der Waals surface area (Å²) in [7, 11) is 0. The second-order valence-corrected chi connectivity index (χ2v) is 10.9. The van der Waals surface area contributed by atoms with Crippen LogP contribution in [0.2, 0.25) is 0 Å². The van der Waals surface area contributed by atoms with E-state index < -0.39 is 0 Å². The van der Waals surface area contributed by atoms with Gasteiger partial charge >= 0.3 is 0 Å². The Morgan fingerprint density at radius 2 is 0.974 bits per heavy atom. The molecule has 2 aromatic carbocycles. The van der Waals surface area contributed by atoms with E-state index in [-0.39, 0.29) is 5.78 Å². The minimum Gasteiger partial charge on any atom is -0.372 e. The molecule has 0 radical (unpaired) electrons. The lowest BCUT2D eigenvalue weighted by Gasteiger charge is -2.26. The number of hydrogen-bond donors (Lipinski definition) is 0. The van der Waals surface area contributed by atoms with Crippen molar-refractivity contribution in [3.63, 3.8) is 0 Å². The molecule has 38 heavy (non-hydrogen) atoms. The molecule has 3 nitrogen and oxygen atoms in total. The highest BCUT2D eigenvalue weighted by molar-refractivity contribution is 6.14. The summed E-state index contributed by atoms with van der Waals surface area (Å²) < 4.78 is 0. The molecule has 0 N–H and O–H groups in total. The van der Waals surface area contributed by atoms with Gasteiger partial charge in [-0.25, -0.2) is 0 Å².